The highest BCUT2D eigenvalue weighted by atomic mass is 14.4. The average Bonchev–Trinajstić information content (AvgIpc) is 2.46. The number of rotatable bonds is 2. The van der Waals surface area contributed by atoms with E-state index in [1.807, 2.05) is 0 Å². The molecule has 0 heterocycles. The summed E-state index contributed by atoms with van der Waals surface area (Å²) in [6.45, 7) is 17.9. The van der Waals surface area contributed by atoms with Crippen molar-refractivity contribution in [3.63, 3.8) is 0 Å². The fraction of sp³-hybridized carbons (Fsp3) is 0.650. The Balaban J connectivity index is 3.38. The standard InChI is InChI=1S/C20H33N/c1-13(2)20-17(6)15(4)11-9-8-10-14(3)16(5)18(7)19(20)12-21/h10,12-13,15,18-19,21H,5,8-9,11H2,1-4,6-7H3/b14-10+,20-17-,21-12?. The number of hydrogen-bond donors (Lipinski definition) is 1. The van der Waals surface area contributed by atoms with Crippen LogP contribution in [0.25, 0.3) is 0 Å². The van der Waals surface area contributed by atoms with E-state index in [1.54, 1.807) is 6.21 Å². The molecular weight excluding hydrogens is 254 g/mol. The van der Waals surface area contributed by atoms with E-state index >= 15 is 0 Å². The van der Waals surface area contributed by atoms with Crippen LogP contribution in [0.15, 0.2) is 34.9 Å². The topological polar surface area (TPSA) is 23.9 Å². The first kappa shape index (κ1) is 17.9. The summed E-state index contributed by atoms with van der Waals surface area (Å²) in [7, 11) is 0. The van der Waals surface area contributed by atoms with Crippen LogP contribution >= 0.6 is 0 Å². The van der Waals surface area contributed by atoms with Crippen molar-refractivity contribution in [3.05, 3.63) is 34.9 Å². The maximum absolute atomic E-state index is 7.99. The molecule has 0 spiro atoms. The van der Waals surface area contributed by atoms with Crippen LogP contribution in [0.1, 0.15) is 60.8 Å². The van der Waals surface area contributed by atoms with Crippen LogP contribution in [0, 0.1) is 29.1 Å². The van der Waals surface area contributed by atoms with Gasteiger partial charge in [0.05, 0.1) is 0 Å². The smallest absolute Gasteiger partial charge is 0.0216 e. The lowest BCUT2D eigenvalue weighted by atomic mass is 9.74. The SMILES string of the molecule is C=C1/C(C)=C/CCCC(C)/C(C)=C(/C(C)C)C(C=N)C1C. The fourth-order valence-corrected chi connectivity index (χ4v) is 3.56. The van der Waals surface area contributed by atoms with Crippen molar-refractivity contribution in [2.75, 3.05) is 0 Å². The quantitative estimate of drug-likeness (QED) is 0.463. The molecule has 0 saturated heterocycles. The van der Waals surface area contributed by atoms with E-state index < -0.39 is 0 Å². The highest BCUT2D eigenvalue weighted by Gasteiger charge is 2.27. The third kappa shape index (κ3) is 4.18. The highest BCUT2D eigenvalue weighted by Crippen LogP contribution is 2.37. The molecule has 0 radical (unpaired) electrons. The van der Waals surface area contributed by atoms with Crippen LogP contribution in [0.2, 0.25) is 0 Å². The molecular formula is C20H33N. The summed E-state index contributed by atoms with van der Waals surface area (Å²) < 4.78 is 0. The summed E-state index contributed by atoms with van der Waals surface area (Å²) in [4.78, 5) is 0. The van der Waals surface area contributed by atoms with Gasteiger partial charge in [0.2, 0.25) is 0 Å². The molecule has 3 unspecified atom stereocenters. The molecule has 0 saturated carbocycles. The Morgan fingerprint density at radius 3 is 2.43 bits per heavy atom. The predicted molar refractivity (Wildman–Crippen MR) is 94.9 cm³/mol. The molecule has 3 atom stereocenters. The average molecular weight is 287 g/mol. The minimum atomic E-state index is 0.182. The monoisotopic (exact) mass is 287 g/mol. The van der Waals surface area contributed by atoms with Crippen molar-refractivity contribution in [3.8, 4) is 0 Å². The van der Waals surface area contributed by atoms with E-state index in [2.05, 4.69) is 54.2 Å². The zero-order valence-electron chi connectivity index (χ0n) is 14.8. The second-order valence-corrected chi connectivity index (χ2v) is 7.02. The molecule has 1 rings (SSSR count). The summed E-state index contributed by atoms with van der Waals surface area (Å²) in [5.74, 6) is 1.58. The second kappa shape index (κ2) is 7.77. The molecule has 0 bridgehead atoms. The van der Waals surface area contributed by atoms with Gasteiger partial charge in [0, 0.05) is 12.1 Å². The minimum absolute atomic E-state index is 0.182. The first-order chi connectivity index (χ1) is 9.81. The van der Waals surface area contributed by atoms with Crippen LogP contribution in [-0.4, -0.2) is 6.21 Å². The van der Waals surface area contributed by atoms with Crippen molar-refractivity contribution in [1.82, 2.24) is 0 Å². The summed E-state index contributed by atoms with van der Waals surface area (Å²) in [6, 6.07) is 0. The summed E-state index contributed by atoms with van der Waals surface area (Å²) in [5, 5.41) is 7.99. The Labute approximate surface area is 131 Å². The molecule has 0 amide bonds. The predicted octanol–water partition coefficient (Wildman–Crippen LogP) is 6.18. The molecule has 118 valence electrons. The normalized spacial score (nSPS) is 35.1. The van der Waals surface area contributed by atoms with Crippen molar-refractivity contribution >= 4 is 6.21 Å². The van der Waals surface area contributed by atoms with E-state index in [-0.39, 0.29) is 5.92 Å². The molecule has 0 fully saturated rings. The van der Waals surface area contributed by atoms with Gasteiger partial charge >= 0.3 is 0 Å². The van der Waals surface area contributed by atoms with Crippen LogP contribution in [0.3, 0.4) is 0 Å². The van der Waals surface area contributed by atoms with Crippen molar-refractivity contribution in [2.24, 2.45) is 23.7 Å². The van der Waals surface area contributed by atoms with Gasteiger partial charge in [-0.3, -0.25) is 0 Å². The van der Waals surface area contributed by atoms with Crippen LogP contribution in [0.4, 0.5) is 0 Å². The van der Waals surface area contributed by atoms with Crippen LogP contribution < -0.4 is 0 Å². The molecule has 1 N–H and O–H groups in total. The molecule has 0 aliphatic heterocycles. The number of nitrogens with one attached hydrogen (secondary N) is 1. The Morgan fingerprint density at radius 2 is 1.90 bits per heavy atom. The van der Waals surface area contributed by atoms with E-state index in [9.17, 15) is 0 Å². The van der Waals surface area contributed by atoms with Gasteiger partial charge in [0.1, 0.15) is 0 Å². The fourth-order valence-electron chi connectivity index (χ4n) is 3.56. The van der Waals surface area contributed by atoms with Crippen LogP contribution in [0.5, 0.6) is 0 Å². The van der Waals surface area contributed by atoms with Gasteiger partial charge in [0.25, 0.3) is 0 Å². The minimum Gasteiger partial charge on any atom is -0.312 e. The Kier molecular flexibility index (Phi) is 6.64. The molecule has 21 heavy (non-hydrogen) atoms. The van der Waals surface area contributed by atoms with E-state index in [1.165, 1.54) is 35.1 Å². The molecule has 1 aliphatic carbocycles. The second-order valence-electron chi connectivity index (χ2n) is 7.02. The van der Waals surface area contributed by atoms with Gasteiger partial charge in [0.15, 0.2) is 0 Å². The molecule has 1 nitrogen and oxygen atoms in total. The first-order valence-corrected chi connectivity index (χ1v) is 8.38. The zero-order chi connectivity index (χ0) is 16.2. The van der Waals surface area contributed by atoms with Gasteiger partial charge in [-0.2, -0.15) is 0 Å². The van der Waals surface area contributed by atoms with E-state index in [4.69, 9.17) is 5.41 Å². The lowest BCUT2D eigenvalue weighted by Crippen LogP contribution is -2.23. The summed E-state index contributed by atoms with van der Waals surface area (Å²) in [6.07, 6.45) is 7.59. The largest absolute Gasteiger partial charge is 0.312 e. The molecule has 0 aromatic rings. The lowest BCUT2D eigenvalue weighted by Gasteiger charge is -2.30. The van der Waals surface area contributed by atoms with Crippen LogP contribution in [-0.2, 0) is 0 Å². The van der Waals surface area contributed by atoms with Crippen molar-refractivity contribution in [1.29, 1.82) is 5.41 Å². The van der Waals surface area contributed by atoms with Gasteiger partial charge < -0.3 is 5.41 Å². The summed E-state index contributed by atoms with van der Waals surface area (Å²) >= 11 is 0. The Hall–Kier alpha value is -1.11. The van der Waals surface area contributed by atoms with E-state index in [0.717, 1.165) is 6.42 Å². The molecule has 0 aromatic heterocycles. The third-order valence-corrected chi connectivity index (χ3v) is 5.24. The van der Waals surface area contributed by atoms with Gasteiger partial charge in [-0.1, -0.05) is 57.1 Å². The lowest BCUT2D eigenvalue weighted by molar-refractivity contribution is 0.507. The first-order valence-electron chi connectivity index (χ1n) is 8.38. The summed E-state index contributed by atoms with van der Waals surface area (Å²) in [5.41, 5.74) is 5.47. The maximum atomic E-state index is 7.99. The number of allylic oxidation sites excluding steroid dienone is 5. The van der Waals surface area contributed by atoms with Crippen molar-refractivity contribution in [2.45, 2.75) is 60.8 Å². The highest BCUT2D eigenvalue weighted by molar-refractivity contribution is 5.64. The van der Waals surface area contributed by atoms with Gasteiger partial charge in [-0.25, -0.2) is 0 Å². The van der Waals surface area contributed by atoms with E-state index in [0.29, 0.717) is 17.8 Å². The molecule has 0 aromatic carbocycles. The zero-order valence-corrected chi connectivity index (χ0v) is 14.8. The Morgan fingerprint density at radius 1 is 1.29 bits per heavy atom. The molecule has 1 aliphatic rings. The number of hydrogen-bond acceptors (Lipinski definition) is 1. The van der Waals surface area contributed by atoms with Crippen molar-refractivity contribution < 1.29 is 0 Å². The molecule has 1 heteroatoms. The van der Waals surface area contributed by atoms with Gasteiger partial charge in [-0.05, 0) is 56.4 Å². The maximum Gasteiger partial charge on any atom is 0.0216 e. The third-order valence-electron chi connectivity index (χ3n) is 5.24. The van der Waals surface area contributed by atoms with Gasteiger partial charge in [-0.15, -0.1) is 0 Å². The Bertz CT molecular complexity index is 450.